The maximum Gasteiger partial charge on any atom is 0.344 e. The largest absolute Gasteiger partial charge is 0.344 e. The number of nitrogens with one attached hydrogen (secondary N) is 1. The number of imidazole rings is 1. The summed E-state index contributed by atoms with van der Waals surface area (Å²) in [6.07, 6.45) is 2.08. The zero-order valence-electron chi connectivity index (χ0n) is 8.45. The fourth-order valence-corrected chi connectivity index (χ4v) is 2.22. The number of halogens is 1. The second-order valence-electron chi connectivity index (χ2n) is 3.15. The van der Waals surface area contributed by atoms with E-state index in [1.54, 1.807) is 11.3 Å². The van der Waals surface area contributed by atoms with Gasteiger partial charge in [-0.15, -0.1) is 0 Å². The maximum absolute atomic E-state index is 8.83. The zero-order chi connectivity index (χ0) is 12.5. The average Bonchev–Trinajstić information content (AvgIpc) is 2.73. The standard InChI is InChI=1S/C9H6N2S.ClH3O4/c1-2-4-8-7(3-1)10-9-11(8)5-6-12-9;2-1(3,4)5/h1-6H;2-4H/p+1. The Labute approximate surface area is 102 Å². The average molecular weight is 278 g/mol. The van der Waals surface area contributed by atoms with Gasteiger partial charge in [0.15, 0.2) is 11.0 Å². The molecule has 0 bridgehead atoms. The number of H-pyrrole nitrogens is 1. The smallest absolute Gasteiger partial charge is 0.227 e. The van der Waals surface area contributed by atoms with E-state index in [1.807, 2.05) is 6.07 Å². The van der Waals surface area contributed by atoms with Crippen LogP contribution in [0.1, 0.15) is 0 Å². The molecular formula is C9H10ClN2O4S+. The first-order chi connectivity index (χ1) is 7.95. The van der Waals surface area contributed by atoms with Crippen molar-refractivity contribution in [2.24, 2.45) is 0 Å². The summed E-state index contributed by atoms with van der Waals surface area (Å²) in [7, 11) is -4.19. The van der Waals surface area contributed by atoms with Gasteiger partial charge in [-0.2, -0.15) is 4.40 Å². The molecule has 6 nitrogen and oxygen atoms in total. The summed E-state index contributed by atoms with van der Waals surface area (Å²) < 4.78 is 32.4. The number of hydrogen-bond acceptors (Lipinski definition) is 5. The third-order valence-corrected chi connectivity index (χ3v) is 2.79. The van der Waals surface area contributed by atoms with Gasteiger partial charge in [-0.1, -0.05) is 23.5 Å². The van der Waals surface area contributed by atoms with Crippen molar-refractivity contribution in [3.8, 4) is 0 Å². The van der Waals surface area contributed by atoms with Crippen LogP contribution >= 0.6 is 11.3 Å². The molecule has 17 heavy (non-hydrogen) atoms. The predicted octanol–water partition coefficient (Wildman–Crippen LogP) is -0.892. The summed E-state index contributed by atoms with van der Waals surface area (Å²) in [6.45, 7) is 0. The molecule has 0 radical (unpaired) electrons. The Morgan fingerprint density at radius 1 is 1.24 bits per heavy atom. The Hall–Kier alpha value is -1.22. The van der Waals surface area contributed by atoms with Crippen LogP contribution < -0.4 is 9.06 Å². The van der Waals surface area contributed by atoms with Gasteiger partial charge in [0.1, 0.15) is 6.20 Å². The van der Waals surface area contributed by atoms with Crippen LogP contribution in [0.15, 0.2) is 35.8 Å². The van der Waals surface area contributed by atoms with Gasteiger partial charge in [0, 0.05) is 5.38 Å². The van der Waals surface area contributed by atoms with E-state index in [9.17, 15) is 0 Å². The fraction of sp³-hybridized carbons (Fsp3) is 0. The number of aromatic amines is 1. The number of benzene rings is 1. The number of nitrogens with zero attached hydrogens (tertiary/aromatic N) is 1. The number of para-hydroxylation sites is 2. The van der Waals surface area contributed by atoms with Crippen LogP contribution in [0, 0.1) is 10.2 Å². The van der Waals surface area contributed by atoms with Crippen LogP contribution in [0.25, 0.3) is 16.0 Å². The van der Waals surface area contributed by atoms with E-state index in [1.165, 1.54) is 16.0 Å². The van der Waals surface area contributed by atoms with E-state index >= 15 is 0 Å². The molecule has 0 saturated heterocycles. The van der Waals surface area contributed by atoms with Crippen molar-refractivity contribution in [3.63, 3.8) is 0 Å². The number of thiazole rings is 1. The number of aromatic nitrogens is 2. The molecule has 1 aromatic carbocycles. The van der Waals surface area contributed by atoms with Gasteiger partial charge in [0.25, 0.3) is 0 Å². The summed E-state index contributed by atoms with van der Waals surface area (Å²) in [5.41, 5.74) is 2.44. The molecule has 0 aliphatic heterocycles. The van der Waals surface area contributed by atoms with Crippen LogP contribution in [0.3, 0.4) is 0 Å². The molecule has 0 aliphatic carbocycles. The Kier molecular flexibility index (Phi) is 3.29. The molecule has 0 amide bonds. The second kappa shape index (κ2) is 4.57. The van der Waals surface area contributed by atoms with Gasteiger partial charge in [-0.25, -0.2) is 4.98 Å². The third-order valence-electron chi connectivity index (χ3n) is 2.01. The topological polar surface area (TPSA) is 104 Å². The van der Waals surface area contributed by atoms with Crippen molar-refractivity contribution >= 4 is 27.3 Å². The minimum absolute atomic E-state index is 1.19. The number of hydrogen-bond donors (Lipinski definition) is 4. The Balaban J connectivity index is 0.000000188. The van der Waals surface area contributed by atoms with Gasteiger partial charge in [-0.3, -0.25) is 0 Å². The predicted molar refractivity (Wildman–Crippen MR) is 56.0 cm³/mol. The monoisotopic (exact) mass is 277 g/mol. The molecule has 0 spiro atoms. The first kappa shape index (κ1) is 12.2. The normalized spacial score (nSPS) is 12.5. The number of fused-ring (bicyclic) bond motifs is 3. The molecule has 0 unspecified atom stereocenters. The van der Waals surface area contributed by atoms with Crippen LogP contribution in [0.4, 0.5) is 0 Å². The molecule has 3 aromatic rings. The van der Waals surface area contributed by atoms with E-state index in [4.69, 9.17) is 18.6 Å². The molecule has 2 heterocycles. The first-order valence-corrected chi connectivity index (χ1v) is 6.67. The van der Waals surface area contributed by atoms with Gasteiger partial charge >= 0.3 is 33.8 Å². The van der Waals surface area contributed by atoms with E-state index in [-0.39, 0.29) is 0 Å². The quantitative estimate of drug-likeness (QED) is 0.400. The maximum atomic E-state index is 8.83. The number of rotatable bonds is 0. The van der Waals surface area contributed by atoms with Gasteiger partial charge in [0.05, 0.1) is 0 Å². The van der Waals surface area contributed by atoms with Crippen molar-refractivity contribution in [1.29, 1.82) is 0 Å². The van der Waals surface area contributed by atoms with Crippen LogP contribution in [-0.2, 0) is 0 Å². The summed E-state index contributed by atoms with van der Waals surface area (Å²) in [6, 6.07) is 8.31. The molecule has 0 aliphatic rings. The van der Waals surface area contributed by atoms with E-state index in [0.717, 1.165) is 0 Å². The van der Waals surface area contributed by atoms with Crippen LogP contribution in [-0.4, -0.2) is 19.0 Å². The summed E-state index contributed by atoms with van der Waals surface area (Å²) in [5, 5.41) is 2.08. The Bertz CT molecular complexity index is 624. The van der Waals surface area contributed by atoms with Gasteiger partial charge in [-0.05, 0) is 12.1 Å². The summed E-state index contributed by atoms with van der Waals surface area (Å²) in [5.74, 6) is 0. The summed E-state index contributed by atoms with van der Waals surface area (Å²) >= 11 is 1.72. The van der Waals surface area contributed by atoms with Crippen molar-refractivity contribution in [2.45, 2.75) is 0 Å². The van der Waals surface area contributed by atoms with Crippen molar-refractivity contribution in [2.75, 3.05) is 0 Å². The fourth-order valence-electron chi connectivity index (χ4n) is 1.46. The zero-order valence-corrected chi connectivity index (χ0v) is 10.0. The van der Waals surface area contributed by atoms with Crippen LogP contribution in [0.2, 0.25) is 0 Å². The van der Waals surface area contributed by atoms with Gasteiger partial charge < -0.3 is 0 Å². The first-order valence-electron chi connectivity index (χ1n) is 4.47. The van der Waals surface area contributed by atoms with Gasteiger partial charge in [0.2, 0.25) is 0 Å². The minimum atomic E-state index is -4.19. The summed E-state index contributed by atoms with van der Waals surface area (Å²) in [4.78, 5) is 4.53. The van der Waals surface area contributed by atoms with Crippen molar-refractivity contribution < 1.29 is 33.3 Å². The van der Waals surface area contributed by atoms with Crippen molar-refractivity contribution in [1.82, 2.24) is 4.98 Å². The molecule has 8 heteroatoms. The van der Waals surface area contributed by atoms with Crippen molar-refractivity contribution in [3.05, 3.63) is 35.8 Å². The Morgan fingerprint density at radius 3 is 2.59 bits per heavy atom. The van der Waals surface area contributed by atoms with Crippen LogP contribution in [0.5, 0.6) is 0 Å². The molecule has 92 valence electrons. The molecule has 0 fully saturated rings. The third kappa shape index (κ3) is 3.13. The molecule has 4 N–H and O–H groups in total. The molecule has 2 aromatic heterocycles. The Morgan fingerprint density at radius 2 is 1.88 bits per heavy atom. The van der Waals surface area contributed by atoms with E-state index in [0.29, 0.717) is 0 Å². The minimum Gasteiger partial charge on any atom is -0.227 e. The van der Waals surface area contributed by atoms with E-state index < -0.39 is 10.2 Å². The molecule has 0 atom stereocenters. The molecule has 0 saturated carbocycles. The SMILES string of the molecule is [O-][Cl+](O)(O)O.c1ccc2c(c1)[nH]c1scc[n+]12. The molecule has 3 rings (SSSR count). The second-order valence-corrected chi connectivity index (χ2v) is 4.92. The molecular weight excluding hydrogens is 268 g/mol. The van der Waals surface area contributed by atoms with E-state index in [2.05, 4.69) is 39.2 Å².